The fourth-order valence-corrected chi connectivity index (χ4v) is 2.98. The molecule has 2 aromatic carbocycles. The first-order valence-corrected chi connectivity index (χ1v) is 8.32. The molecule has 0 saturated carbocycles. The van der Waals surface area contributed by atoms with Crippen LogP contribution in [0.25, 0.3) is 0 Å². The Morgan fingerprint density at radius 3 is 2.50 bits per heavy atom. The largest absolute Gasteiger partial charge is 0.486 e. The monoisotopic (exact) mass is 327 g/mol. The van der Waals surface area contributed by atoms with Crippen LogP contribution in [0.5, 0.6) is 23.0 Å². The van der Waals surface area contributed by atoms with Gasteiger partial charge in [0.25, 0.3) is 0 Å². The van der Waals surface area contributed by atoms with Gasteiger partial charge >= 0.3 is 0 Å². The maximum Gasteiger partial charge on any atom is 0.165 e. The SMILES string of the molecule is CC(NCc1cccc2c1OCCO2)c1ccc2c(c1)OCCO2. The van der Waals surface area contributed by atoms with E-state index in [9.17, 15) is 0 Å². The van der Waals surface area contributed by atoms with Crippen molar-refractivity contribution in [3.63, 3.8) is 0 Å². The van der Waals surface area contributed by atoms with Crippen LogP contribution in [0.2, 0.25) is 0 Å². The molecule has 24 heavy (non-hydrogen) atoms. The van der Waals surface area contributed by atoms with E-state index in [1.165, 1.54) is 5.56 Å². The number of hydrogen-bond acceptors (Lipinski definition) is 5. The van der Waals surface area contributed by atoms with Crippen LogP contribution < -0.4 is 24.3 Å². The van der Waals surface area contributed by atoms with E-state index >= 15 is 0 Å². The van der Waals surface area contributed by atoms with Crippen molar-refractivity contribution in [1.29, 1.82) is 0 Å². The zero-order chi connectivity index (χ0) is 16.4. The van der Waals surface area contributed by atoms with Crippen LogP contribution in [-0.4, -0.2) is 26.4 Å². The molecule has 2 aromatic rings. The predicted octanol–water partition coefficient (Wildman–Crippen LogP) is 3.08. The first kappa shape index (κ1) is 15.1. The van der Waals surface area contributed by atoms with Crippen LogP contribution in [0.1, 0.15) is 24.1 Å². The van der Waals surface area contributed by atoms with Crippen molar-refractivity contribution in [2.45, 2.75) is 19.5 Å². The highest BCUT2D eigenvalue weighted by atomic mass is 16.6. The lowest BCUT2D eigenvalue weighted by Crippen LogP contribution is -2.21. The van der Waals surface area contributed by atoms with E-state index in [1.807, 2.05) is 24.3 Å². The summed E-state index contributed by atoms with van der Waals surface area (Å²) in [6, 6.07) is 12.3. The Bertz CT molecular complexity index is 731. The fourth-order valence-electron chi connectivity index (χ4n) is 2.98. The normalized spacial score (nSPS) is 16.5. The van der Waals surface area contributed by atoms with Crippen molar-refractivity contribution >= 4 is 0 Å². The van der Waals surface area contributed by atoms with Crippen LogP contribution in [0.4, 0.5) is 0 Å². The highest BCUT2D eigenvalue weighted by molar-refractivity contribution is 5.48. The maximum atomic E-state index is 5.77. The Labute approximate surface area is 141 Å². The average Bonchev–Trinajstić information content (AvgIpc) is 2.65. The highest BCUT2D eigenvalue weighted by Crippen LogP contribution is 2.35. The Morgan fingerprint density at radius 2 is 1.62 bits per heavy atom. The fraction of sp³-hybridized carbons (Fsp3) is 0.368. The quantitative estimate of drug-likeness (QED) is 0.935. The molecule has 1 atom stereocenters. The molecule has 2 heterocycles. The van der Waals surface area contributed by atoms with Crippen molar-refractivity contribution in [2.24, 2.45) is 0 Å². The van der Waals surface area contributed by atoms with Gasteiger partial charge in [0, 0.05) is 18.2 Å². The number of fused-ring (bicyclic) bond motifs is 2. The summed E-state index contributed by atoms with van der Waals surface area (Å²) in [6.07, 6.45) is 0. The molecule has 1 N–H and O–H groups in total. The van der Waals surface area contributed by atoms with Gasteiger partial charge in [-0.1, -0.05) is 18.2 Å². The zero-order valence-corrected chi connectivity index (χ0v) is 13.7. The van der Waals surface area contributed by atoms with E-state index in [-0.39, 0.29) is 6.04 Å². The van der Waals surface area contributed by atoms with E-state index in [4.69, 9.17) is 18.9 Å². The maximum absolute atomic E-state index is 5.77. The molecular formula is C19H21NO4. The molecule has 2 aliphatic rings. The van der Waals surface area contributed by atoms with Crippen LogP contribution >= 0.6 is 0 Å². The molecule has 1 unspecified atom stereocenters. The number of nitrogens with one attached hydrogen (secondary N) is 1. The van der Waals surface area contributed by atoms with Gasteiger partial charge in [-0.25, -0.2) is 0 Å². The summed E-state index contributed by atoms with van der Waals surface area (Å²) in [5, 5.41) is 3.54. The van der Waals surface area contributed by atoms with Gasteiger partial charge < -0.3 is 24.3 Å². The van der Waals surface area contributed by atoms with Crippen molar-refractivity contribution in [3.8, 4) is 23.0 Å². The Hall–Kier alpha value is -2.40. The predicted molar refractivity (Wildman–Crippen MR) is 90.1 cm³/mol. The minimum absolute atomic E-state index is 0.182. The minimum atomic E-state index is 0.182. The van der Waals surface area contributed by atoms with Gasteiger partial charge in [-0.3, -0.25) is 0 Å². The molecule has 2 aliphatic heterocycles. The van der Waals surface area contributed by atoms with Gasteiger partial charge in [0.1, 0.15) is 26.4 Å². The smallest absolute Gasteiger partial charge is 0.165 e. The summed E-state index contributed by atoms with van der Waals surface area (Å²) >= 11 is 0. The van der Waals surface area contributed by atoms with Crippen LogP contribution in [0.3, 0.4) is 0 Å². The number of benzene rings is 2. The standard InChI is InChI=1S/C19H21NO4/c1-13(14-5-6-16-18(11-14)23-8-7-21-16)20-12-15-3-2-4-17-19(15)24-10-9-22-17/h2-6,11,13,20H,7-10,12H2,1H3. The summed E-state index contributed by atoms with van der Waals surface area (Å²) in [4.78, 5) is 0. The lowest BCUT2D eigenvalue weighted by atomic mass is 10.1. The Morgan fingerprint density at radius 1 is 0.875 bits per heavy atom. The summed E-state index contributed by atoms with van der Waals surface area (Å²) in [7, 11) is 0. The molecule has 0 spiro atoms. The van der Waals surface area contributed by atoms with Crippen molar-refractivity contribution < 1.29 is 18.9 Å². The van der Waals surface area contributed by atoms with E-state index in [0.717, 1.165) is 28.6 Å². The molecule has 0 bridgehead atoms. The lowest BCUT2D eigenvalue weighted by molar-refractivity contribution is 0.169. The first-order valence-electron chi connectivity index (χ1n) is 8.32. The number of hydrogen-bond donors (Lipinski definition) is 1. The van der Waals surface area contributed by atoms with Gasteiger partial charge in [-0.15, -0.1) is 0 Å². The molecule has 0 amide bonds. The van der Waals surface area contributed by atoms with Gasteiger partial charge in [0.15, 0.2) is 23.0 Å². The van der Waals surface area contributed by atoms with E-state index in [1.54, 1.807) is 0 Å². The molecule has 0 radical (unpaired) electrons. The molecule has 0 aromatic heterocycles. The third-order valence-corrected chi connectivity index (χ3v) is 4.31. The van der Waals surface area contributed by atoms with Crippen molar-refractivity contribution in [2.75, 3.05) is 26.4 Å². The molecule has 4 rings (SSSR count). The van der Waals surface area contributed by atoms with Crippen LogP contribution in [-0.2, 0) is 6.54 Å². The van der Waals surface area contributed by atoms with Gasteiger partial charge in [-0.05, 0) is 30.7 Å². The van der Waals surface area contributed by atoms with Gasteiger partial charge in [0.05, 0.1) is 0 Å². The number of para-hydroxylation sites is 1. The molecular weight excluding hydrogens is 306 g/mol. The summed E-state index contributed by atoms with van der Waals surface area (Å²) < 4.78 is 22.6. The summed E-state index contributed by atoms with van der Waals surface area (Å²) in [6.45, 7) is 5.27. The highest BCUT2D eigenvalue weighted by Gasteiger charge is 2.17. The van der Waals surface area contributed by atoms with Crippen LogP contribution in [0, 0.1) is 0 Å². The van der Waals surface area contributed by atoms with Crippen LogP contribution in [0.15, 0.2) is 36.4 Å². The topological polar surface area (TPSA) is 49.0 Å². The zero-order valence-electron chi connectivity index (χ0n) is 13.7. The first-order chi connectivity index (χ1) is 11.8. The number of rotatable bonds is 4. The Balaban J connectivity index is 1.46. The molecule has 5 nitrogen and oxygen atoms in total. The molecule has 0 saturated heterocycles. The van der Waals surface area contributed by atoms with Gasteiger partial charge in [0.2, 0.25) is 0 Å². The third-order valence-electron chi connectivity index (χ3n) is 4.31. The second-order valence-corrected chi connectivity index (χ2v) is 5.95. The van der Waals surface area contributed by atoms with E-state index < -0.39 is 0 Å². The van der Waals surface area contributed by atoms with Crippen molar-refractivity contribution in [3.05, 3.63) is 47.5 Å². The van der Waals surface area contributed by atoms with Crippen molar-refractivity contribution in [1.82, 2.24) is 5.32 Å². The number of ether oxygens (including phenoxy) is 4. The second-order valence-electron chi connectivity index (χ2n) is 5.95. The Kier molecular flexibility index (Phi) is 4.17. The summed E-state index contributed by atoms with van der Waals surface area (Å²) in [5.74, 6) is 3.32. The van der Waals surface area contributed by atoms with Gasteiger partial charge in [-0.2, -0.15) is 0 Å². The molecule has 5 heteroatoms. The third kappa shape index (κ3) is 2.99. The molecule has 0 fully saturated rings. The molecule has 0 aliphatic carbocycles. The summed E-state index contributed by atoms with van der Waals surface area (Å²) in [5.41, 5.74) is 2.28. The van der Waals surface area contributed by atoms with E-state index in [0.29, 0.717) is 33.0 Å². The second kappa shape index (κ2) is 6.61. The average molecular weight is 327 g/mol. The van der Waals surface area contributed by atoms with E-state index in [2.05, 4.69) is 24.4 Å². The minimum Gasteiger partial charge on any atom is -0.486 e. The lowest BCUT2D eigenvalue weighted by Gasteiger charge is -2.23. The molecule has 126 valence electrons.